The van der Waals surface area contributed by atoms with Gasteiger partial charge in [0.05, 0.1) is 7.11 Å². The largest absolute Gasteiger partial charge is 0.496 e. The summed E-state index contributed by atoms with van der Waals surface area (Å²) in [6.07, 6.45) is 0.527. The van der Waals surface area contributed by atoms with Crippen LogP contribution in [0.4, 0.5) is 0 Å². The zero-order valence-electron chi connectivity index (χ0n) is 14.4. The Labute approximate surface area is 133 Å². The summed E-state index contributed by atoms with van der Waals surface area (Å²) < 4.78 is 5.53. The number of hydrogen-bond donors (Lipinski definition) is 1. The van der Waals surface area contributed by atoms with Gasteiger partial charge in [-0.2, -0.15) is 0 Å². The van der Waals surface area contributed by atoms with Crippen LogP contribution in [0.3, 0.4) is 0 Å². The fraction of sp³-hybridized carbons (Fsp3) is 0.611. The monoisotopic (exact) mass is 304 g/mol. The van der Waals surface area contributed by atoms with Crippen molar-refractivity contribution in [3.63, 3.8) is 0 Å². The van der Waals surface area contributed by atoms with Crippen molar-refractivity contribution in [3.05, 3.63) is 29.3 Å². The first kappa shape index (κ1) is 16.8. The van der Waals surface area contributed by atoms with Gasteiger partial charge in [-0.1, -0.05) is 26.0 Å². The zero-order chi connectivity index (χ0) is 16.3. The Bertz CT molecular complexity index is 538. The first-order valence-corrected chi connectivity index (χ1v) is 8.02. The van der Waals surface area contributed by atoms with Crippen LogP contribution in [0.15, 0.2) is 18.2 Å². The average Bonchev–Trinajstić information content (AvgIpc) is 2.57. The number of nitrogens with one attached hydrogen (secondary N) is 1. The second-order valence-electron chi connectivity index (χ2n) is 6.99. The van der Waals surface area contributed by atoms with E-state index in [0.717, 1.165) is 18.8 Å². The molecule has 4 nitrogen and oxygen atoms in total. The minimum absolute atomic E-state index is 0.135. The van der Waals surface area contributed by atoms with Gasteiger partial charge in [0.1, 0.15) is 5.75 Å². The van der Waals surface area contributed by atoms with Crippen LogP contribution in [0.25, 0.3) is 0 Å². The summed E-state index contributed by atoms with van der Waals surface area (Å²) in [5.41, 5.74) is 2.35. The number of nitrogens with zero attached hydrogens (tertiary/aromatic N) is 1. The molecule has 0 bridgehead atoms. The minimum Gasteiger partial charge on any atom is -0.496 e. The van der Waals surface area contributed by atoms with E-state index < -0.39 is 0 Å². The summed E-state index contributed by atoms with van der Waals surface area (Å²) in [5, 5.41) is 2.96. The molecule has 122 valence electrons. The lowest BCUT2D eigenvalue weighted by Gasteiger charge is -2.36. The number of ether oxygens (including phenoxy) is 1. The Balaban J connectivity index is 2.27. The molecule has 2 rings (SSSR count). The molecule has 4 heteroatoms. The van der Waals surface area contributed by atoms with Crippen LogP contribution in [0, 0.1) is 0 Å². The zero-order valence-corrected chi connectivity index (χ0v) is 14.4. The van der Waals surface area contributed by atoms with Crippen LogP contribution in [0.5, 0.6) is 5.75 Å². The third kappa shape index (κ3) is 3.80. The molecule has 1 heterocycles. The number of hydrogen-bond acceptors (Lipinski definition) is 3. The maximum absolute atomic E-state index is 11.8. The molecule has 0 aliphatic carbocycles. The molecule has 1 aromatic carbocycles. The molecule has 0 saturated carbocycles. The summed E-state index contributed by atoms with van der Waals surface area (Å²) in [4.78, 5) is 14.2. The molecule has 22 heavy (non-hydrogen) atoms. The molecule has 1 N–H and O–H groups in total. The van der Waals surface area contributed by atoms with E-state index >= 15 is 0 Å². The summed E-state index contributed by atoms with van der Waals surface area (Å²) in [6.45, 7) is 11.0. The van der Waals surface area contributed by atoms with Crippen molar-refractivity contribution >= 4 is 5.91 Å². The number of methoxy groups -OCH3 is 1. The molecule has 1 aliphatic rings. The molecule has 1 aliphatic heterocycles. The summed E-state index contributed by atoms with van der Waals surface area (Å²) in [6, 6.07) is 6.42. The minimum atomic E-state index is -0.153. The van der Waals surface area contributed by atoms with E-state index in [9.17, 15) is 4.79 Å². The summed E-state index contributed by atoms with van der Waals surface area (Å²) in [5.74, 6) is 1.55. The van der Waals surface area contributed by atoms with Gasteiger partial charge in [0.25, 0.3) is 0 Å². The van der Waals surface area contributed by atoms with Gasteiger partial charge >= 0.3 is 0 Å². The van der Waals surface area contributed by atoms with Gasteiger partial charge in [-0.05, 0) is 31.4 Å². The van der Waals surface area contributed by atoms with Crippen LogP contribution in [-0.4, -0.2) is 36.5 Å². The molecule has 1 saturated heterocycles. The van der Waals surface area contributed by atoms with E-state index in [4.69, 9.17) is 4.74 Å². The summed E-state index contributed by atoms with van der Waals surface area (Å²) >= 11 is 0. The molecular formula is C18H28N2O2. The van der Waals surface area contributed by atoms with E-state index in [1.165, 1.54) is 11.1 Å². The second kappa shape index (κ2) is 6.69. The smallest absolute Gasteiger partial charge is 0.221 e. The Morgan fingerprint density at radius 1 is 1.36 bits per heavy atom. The van der Waals surface area contributed by atoms with Crippen molar-refractivity contribution in [1.29, 1.82) is 0 Å². The van der Waals surface area contributed by atoms with Gasteiger partial charge in [-0.25, -0.2) is 0 Å². The summed E-state index contributed by atoms with van der Waals surface area (Å²) in [7, 11) is 1.71. The maximum atomic E-state index is 11.8. The van der Waals surface area contributed by atoms with Crippen LogP contribution < -0.4 is 10.1 Å². The first-order chi connectivity index (χ1) is 10.3. The molecule has 1 fully saturated rings. The van der Waals surface area contributed by atoms with E-state index in [2.05, 4.69) is 56.1 Å². The van der Waals surface area contributed by atoms with Crippen molar-refractivity contribution in [2.45, 2.75) is 52.1 Å². The predicted octanol–water partition coefficient (Wildman–Crippen LogP) is 2.92. The van der Waals surface area contributed by atoms with Gasteiger partial charge < -0.3 is 10.1 Å². The van der Waals surface area contributed by atoms with E-state index in [1.54, 1.807) is 7.11 Å². The van der Waals surface area contributed by atoms with E-state index in [-0.39, 0.29) is 11.4 Å². The van der Waals surface area contributed by atoms with Crippen LogP contribution in [-0.2, 0) is 11.3 Å². The maximum Gasteiger partial charge on any atom is 0.221 e. The highest BCUT2D eigenvalue weighted by molar-refractivity contribution is 5.77. The third-order valence-electron chi connectivity index (χ3n) is 4.49. The fourth-order valence-electron chi connectivity index (χ4n) is 2.98. The Hall–Kier alpha value is -1.55. The van der Waals surface area contributed by atoms with Crippen LogP contribution >= 0.6 is 0 Å². The normalized spacial score (nSPS) is 18.9. The number of carbonyl (C=O) groups is 1. The molecule has 1 amide bonds. The van der Waals surface area contributed by atoms with Crippen molar-refractivity contribution in [2.24, 2.45) is 0 Å². The number of rotatable bonds is 4. The quantitative estimate of drug-likeness (QED) is 0.930. The lowest BCUT2D eigenvalue weighted by Crippen LogP contribution is -2.44. The van der Waals surface area contributed by atoms with Crippen molar-refractivity contribution in [1.82, 2.24) is 10.2 Å². The Morgan fingerprint density at radius 2 is 2.09 bits per heavy atom. The molecule has 0 atom stereocenters. The highest BCUT2D eigenvalue weighted by Gasteiger charge is 2.32. The molecule has 0 radical (unpaired) electrons. The number of benzene rings is 1. The standard InChI is InChI=1S/C18H28N2O2/c1-13(2)14-6-7-16(22-5)15(10-14)12-20-9-8-19-17(21)11-18(20,3)4/h6-7,10,13H,8-9,11-12H2,1-5H3,(H,19,21). The number of amides is 1. The van der Waals surface area contributed by atoms with Gasteiger partial charge in [0.15, 0.2) is 0 Å². The van der Waals surface area contributed by atoms with Crippen molar-refractivity contribution < 1.29 is 9.53 Å². The highest BCUT2D eigenvalue weighted by atomic mass is 16.5. The van der Waals surface area contributed by atoms with Gasteiger partial charge in [0.2, 0.25) is 5.91 Å². The number of carbonyl (C=O) groups excluding carboxylic acids is 1. The Morgan fingerprint density at radius 3 is 2.73 bits per heavy atom. The third-order valence-corrected chi connectivity index (χ3v) is 4.49. The van der Waals surface area contributed by atoms with E-state index in [0.29, 0.717) is 18.9 Å². The highest BCUT2D eigenvalue weighted by Crippen LogP contribution is 2.29. The SMILES string of the molecule is COc1ccc(C(C)C)cc1CN1CCNC(=O)CC1(C)C. The van der Waals surface area contributed by atoms with Crippen LogP contribution in [0.2, 0.25) is 0 Å². The van der Waals surface area contributed by atoms with Crippen molar-refractivity contribution in [3.8, 4) is 5.75 Å². The van der Waals surface area contributed by atoms with Crippen molar-refractivity contribution in [2.75, 3.05) is 20.2 Å². The molecule has 0 unspecified atom stereocenters. The van der Waals surface area contributed by atoms with Crippen LogP contribution in [0.1, 0.15) is 51.2 Å². The van der Waals surface area contributed by atoms with Gasteiger partial charge in [-0.3, -0.25) is 9.69 Å². The Kier molecular flexibility index (Phi) is 5.12. The first-order valence-electron chi connectivity index (χ1n) is 8.02. The topological polar surface area (TPSA) is 41.6 Å². The average molecular weight is 304 g/mol. The second-order valence-corrected chi connectivity index (χ2v) is 6.99. The molecular weight excluding hydrogens is 276 g/mol. The molecule has 0 aromatic heterocycles. The van der Waals surface area contributed by atoms with Gasteiger partial charge in [0, 0.05) is 37.2 Å². The fourth-order valence-corrected chi connectivity index (χ4v) is 2.98. The molecule has 1 aromatic rings. The van der Waals surface area contributed by atoms with Gasteiger partial charge in [-0.15, -0.1) is 0 Å². The van der Waals surface area contributed by atoms with E-state index in [1.807, 2.05) is 0 Å². The lowest BCUT2D eigenvalue weighted by atomic mass is 9.95. The lowest BCUT2D eigenvalue weighted by molar-refractivity contribution is -0.122. The predicted molar refractivity (Wildman–Crippen MR) is 89.2 cm³/mol. The molecule has 0 spiro atoms.